The number of halogens is 1. The van der Waals surface area contributed by atoms with E-state index in [2.05, 4.69) is 31.1 Å². The molecule has 0 saturated carbocycles. The van der Waals surface area contributed by atoms with Crippen molar-refractivity contribution in [3.63, 3.8) is 0 Å². The number of aryl methyl sites for hydroxylation is 1. The van der Waals surface area contributed by atoms with Gasteiger partial charge in [0.2, 0.25) is 11.6 Å². The maximum absolute atomic E-state index is 12.3. The third kappa shape index (κ3) is 4.40. The van der Waals surface area contributed by atoms with Gasteiger partial charge in [-0.15, -0.1) is 0 Å². The number of nitrogens with one attached hydrogen (secondary N) is 3. The molecule has 2 aromatic heterocycles. The first-order valence-electron chi connectivity index (χ1n) is 9.37. The number of hydrazine groups is 1. The average molecular weight is 450 g/mol. The molecule has 0 unspecified atom stereocenters. The van der Waals surface area contributed by atoms with Gasteiger partial charge in [0.1, 0.15) is 6.33 Å². The van der Waals surface area contributed by atoms with Crippen LogP contribution < -0.4 is 16.2 Å². The van der Waals surface area contributed by atoms with Crippen LogP contribution in [0.15, 0.2) is 60.9 Å². The van der Waals surface area contributed by atoms with Crippen molar-refractivity contribution in [1.29, 1.82) is 0 Å². The Labute approximate surface area is 186 Å². The zero-order valence-electron chi connectivity index (χ0n) is 16.7. The van der Waals surface area contributed by atoms with Crippen molar-refractivity contribution < 1.29 is 9.72 Å². The highest BCUT2D eigenvalue weighted by Gasteiger charge is 2.24. The summed E-state index contributed by atoms with van der Waals surface area (Å²) in [6.45, 7) is 1.86. The number of benzene rings is 2. The van der Waals surface area contributed by atoms with E-state index >= 15 is 0 Å². The molecule has 11 heteroatoms. The number of rotatable bonds is 6. The molecule has 0 spiro atoms. The smallest absolute Gasteiger partial charge is 0.332 e. The fraction of sp³-hybridized carbons (Fsp3) is 0.0476. The van der Waals surface area contributed by atoms with Crippen molar-refractivity contribution in [3.8, 4) is 0 Å². The number of carbonyl (C=O) groups is 1. The standard InChI is InChI=1S/C21H16ClN7O3/c1-12-5-6-13-3-2-4-16(17(13)25-12)26-19-18(29(31)32)20(24-11-23-19)27-28-21(30)14-7-9-15(22)10-8-14/h2-11H,1H3,(H,28,30)(H2,23,24,26,27). The number of aromatic nitrogens is 3. The lowest BCUT2D eigenvalue weighted by molar-refractivity contribution is -0.383. The van der Waals surface area contributed by atoms with Crippen molar-refractivity contribution in [2.75, 3.05) is 10.7 Å². The van der Waals surface area contributed by atoms with E-state index in [-0.39, 0.29) is 11.6 Å². The van der Waals surface area contributed by atoms with Crippen LogP contribution in [0, 0.1) is 17.0 Å². The zero-order chi connectivity index (χ0) is 22.7. The van der Waals surface area contributed by atoms with Crippen LogP contribution in [0.5, 0.6) is 0 Å². The molecule has 0 saturated heterocycles. The highest BCUT2D eigenvalue weighted by molar-refractivity contribution is 6.30. The minimum absolute atomic E-state index is 0.0518. The lowest BCUT2D eigenvalue weighted by atomic mass is 10.1. The predicted molar refractivity (Wildman–Crippen MR) is 121 cm³/mol. The number of fused-ring (bicyclic) bond motifs is 1. The van der Waals surface area contributed by atoms with Gasteiger partial charge in [-0.1, -0.05) is 29.8 Å². The molecular formula is C21H16ClN7O3. The number of hydrogen-bond acceptors (Lipinski definition) is 8. The number of para-hydroxylation sites is 1. The number of nitro groups is 1. The number of carbonyl (C=O) groups excluding carboxylic acids is 1. The van der Waals surface area contributed by atoms with Gasteiger partial charge >= 0.3 is 5.69 Å². The molecule has 0 aliphatic carbocycles. The van der Waals surface area contributed by atoms with Gasteiger partial charge in [0.05, 0.1) is 16.1 Å². The summed E-state index contributed by atoms with van der Waals surface area (Å²) in [5, 5.41) is 16.1. The van der Waals surface area contributed by atoms with Gasteiger partial charge in [-0.2, -0.15) is 0 Å². The summed E-state index contributed by atoms with van der Waals surface area (Å²) < 4.78 is 0. The normalized spacial score (nSPS) is 10.6. The number of hydrogen-bond donors (Lipinski definition) is 3. The van der Waals surface area contributed by atoms with Crippen molar-refractivity contribution >= 4 is 51.4 Å². The predicted octanol–water partition coefficient (Wildman–Crippen LogP) is 4.40. The van der Waals surface area contributed by atoms with E-state index < -0.39 is 16.5 Å². The van der Waals surface area contributed by atoms with E-state index in [1.807, 2.05) is 25.1 Å². The van der Waals surface area contributed by atoms with E-state index in [0.29, 0.717) is 21.8 Å². The van der Waals surface area contributed by atoms with Crippen LogP contribution in [0.4, 0.5) is 23.0 Å². The summed E-state index contributed by atoms with van der Waals surface area (Å²) in [6.07, 6.45) is 1.15. The maximum Gasteiger partial charge on any atom is 0.355 e. The Morgan fingerprint density at radius 3 is 2.53 bits per heavy atom. The van der Waals surface area contributed by atoms with Crippen LogP contribution >= 0.6 is 11.6 Å². The molecule has 4 rings (SSSR count). The third-order valence-electron chi connectivity index (χ3n) is 4.52. The SMILES string of the molecule is Cc1ccc2cccc(Nc3ncnc(NNC(=O)c4ccc(Cl)cc4)c3[N+](=O)[O-])c2n1. The number of amides is 1. The van der Waals surface area contributed by atoms with Gasteiger partial charge in [0, 0.05) is 21.7 Å². The van der Waals surface area contributed by atoms with Gasteiger partial charge in [0.15, 0.2) is 0 Å². The van der Waals surface area contributed by atoms with Crippen molar-refractivity contribution in [2.24, 2.45) is 0 Å². The molecule has 0 atom stereocenters. The van der Waals surface area contributed by atoms with E-state index in [1.54, 1.807) is 24.3 Å². The monoisotopic (exact) mass is 449 g/mol. The molecule has 0 aliphatic heterocycles. The first kappa shape index (κ1) is 20.9. The van der Waals surface area contributed by atoms with Gasteiger partial charge < -0.3 is 5.32 Å². The zero-order valence-corrected chi connectivity index (χ0v) is 17.4. The first-order valence-corrected chi connectivity index (χ1v) is 9.75. The molecule has 3 N–H and O–H groups in total. The summed E-state index contributed by atoms with van der Waals surface area (Å²) >= 11 is 5.82. The average Bonchev–Trinajstić information content (AvgIpc) is 2.78. The molecule has 0 aliphatic rings. The topological polar surface area (TPSA) is 135 Å². The Bertz CT molecular complexity index is 1330. The Morgan fingerprint density at radius 1 is 1.03 bits per heavy atom. The van der Waals surface area contributed by atoms with Gasteiger partial charge in [-0.25, -0.2) is 9.97 Å². The number of pyridine rings is 1. The molecule has 2 heterocycles. The van der Waals surface area contributed by atoms with Crippen LogP contribution in [0.25, 0.3) is 10.9 Å². The molecule has 10 nitrogen and oxygen atoms in total. The first-order chi connectivity index (χ1) is 15.4. The minimum Gasteiger partial charge on any atom is -0.332 e. The summed E-state index contributed by atoms with van der Waals surface area (Å²) in [5.41, 5.74) is 6.76. The Balaban J connectivity index is 1.63. The molecule has 1 amide bonds. The lowest BCUT2D eigenvalue weighted by Crippen LogP contribution is -2.30. The molecule has 2 aromatic carbocycles. The van der Waals surface area contributed by atoms with Crippen molar-refractivity contribution in [1.82, 2.24) is 20.4 Å². The summed E-state index contributed by atoms with van der Waals surface area (Å²) in [5.74, 6) is -0.749. The molecular weight excluding hydrogens is 434 g/mol. The molecule has 32 heavy (non-hydrogen) atoms. The lowest BCUT2D eigenvalue weighted by Gasteiger charge is -2.12. The highest BCUT2D eigenvalue weighted by atomic mass is 35.5. The largest absolute Gasteiger partial charge is 0.355 e. The second kappa shape index (κ2) is 8.82. The molecule has 0 radical (unpaired) electrons. The van der Waals surface area contributed by atoms with Crippen molar-refractivity contribution in [3.05, 3.63) is 87.3 Å². The molecule has 160 valence electrons. The minimum atomic E-state index is -0.636. The number of anilines is 3. The van der Waals surface area contributed by atoms with Crippen LogP contribution in [-0.2, 0) is 0 Å². The molecule has 0 fully saturated rings. The fourth-order valence-corrected chi connectivity index (χ4v) is 3.12. The van der Waals surface area contributed by atoms with E-state index in [4.69, 9.17) is 11.6 Å². The summed E-state index contributed by atoms with van der Waals surface area (Å²) in [7, 11) is 0. The maximum atomic E-state index is 12.3. The van der Waals surface area contributed by atoms with Gasteiger partial charge in [-0.05, 0) is 43.3 Å². The van der Waals surface area contributed by atoms with Crippen LogP contribution in [-0.4, -0.2) is 25.8 Å². The summed E-state index contributed by atoms with van der Waals surface area (Å²) in [4.78, 5) is 35.9. The Morgan fingerprint density at radius 2 is 1.78 bits per heavy atom. The third-order valence-corrected chi connectivity index (χ3v) is 4.77. The fourth-order valence-electron chi connectivity index (χ4n) is 3.00. The highest BCUT2D eigenvalue weighted by Crippen LogP contribution is 2.32. The van der Waals surface area contributed by atoms with Crippen molar-refractivity contribution in [2.45, 2.75) is 6.92 Å². The molecule has 0 bridgehead atoms. The summed E-state index contributed by atoms with van der Waals surface area (Å²) in [6, 6.07) is 15.4. The quantitative estimate of drug-likeness (QED) is 0.291. The van der Waals surface area contributed by atoms with E-state index in [1.165, 1.54) is 12.1 Å². The number of nitrogens with zero attached hydrogens (tertiary/aromatic N) is 4. The second-order valence-corrected chi connectivity index (χ2v) is 7.15. The second-order valence-electron chi connectivity index (χ2n) is 6.72. The van der Waals surface area contributed by atoms with E-state index in [9.17, 15) is 14.9 Å². The van der Waals surface area contributed by atoms with Gasteiger partial charge in [-0.3, -0.25) is 30.7 Å². The van der Waals surface area contributed by atoms with Crippen LogP contribution in [0.2, 0.25) is 5.02 Å². The van der Waals surface area contributed by atoms with Crippen LogP contribution in [0.3, 0.4) is 0 Å². The Kier molecular flexibility index (Phi) is 5.77. The van der Waals surface area contributed by atoms with Gasteiger partial charge in [0.25, 0.3) is 5.91 Å². The molecule has 4 aromatic rings. The van der Waals surface area contributed by atoms with Crippen LogP contribution in [0.1, 0.15) is 16.1 Å². The van der Waals surface area contributed by atoms with E-state index in [0.717, 1.165) is 17.4 Å². The Hall–Kier alpha value is -4.31.